The van der Waals surface area contributed by atoms with E-state index < -0.39 is 16.1 Å². The Morgan fingerprint density at radius 1 is 1.38 bits per heavy atom. The molecule has 0 amide bonds. The molecule has 2 aliphatic heterocycles. The zero-order valence-corrected chi connectivity index (χ0v) is 13.4. The van der Waals surface area contributed by atoms with Gasteiger partial charge in [-0.05, 0) is 31.4 Å². The van der Waals surface area contributed by atoms with E-state index in [-0.39, 0.29) is 28.0 Å². The van der Waals surface area contributed by atoms with Crippen LogP contribution >= 0.6 is 22.9 Å². The fourth-order valence-corrected chi connectivity index (χ4v) is 6.56. The van der Waals surface area contributed by atoms with Crippen LogP contribution in [0.25, 0.3) is 0 Å². The monoisotopic (exact) mass is 347 g/mol. The number of Topliss-reactive ketones (excluding diaryl/α,β-unsaturated/α-hetero) is 1. The Labute approximate surface area is 131 Å². The molecule has 0 radical (unpaired) electrons. The molecule has 2 aliphatic rings. The molecule has 5 nitrogen and oxygen atoms in total. The zero-order chi connectivity index (χ0) is 15.2. The smallest absolute Gasteiger partial charge is 0.253 e. The molecule has 3 rings (SSSR count). The van der Waals surface area contributed by atoms with E-state index in [1.807, 2.05) is 0 Å². The summed E-state index contributed by atoms with van der Waals surface area (Å²) in [6.07, 6.45) is 2.95. The number of piperidine rings is 2. The van der Waals surface area contributed by atoms with Crippen LogP contribution in [0.5, 0.6) is 0 Å². The third-order valence-electron chi connectivity index (χ3n) is 4.00. The molecule has 2 bridgehead atoms. The largest absolute Gasteiger partial charge is 0.515 e. The third kappa shape index (κ3) is 2.42. The summed E-state index contributed by atoms with van der Waals surface area (Å²) in [6.45, 7) is 0. The maximum Gasteiger partial charge on any atom is 0.253 e. The van der Waals surface area contributed by atoms with Crippen molar-refractivity contribution in [2.24, 2.45) is 0 Å². The van der Waals surface area contributed by atoms with Crippen LogP contribution in [0.15, 0.2) is 28.2 Å². The lowest BCUT2D eigenvalue weighted by atomic mass is 9.83. The van der Waals surface area contributed by atoms with Crippen molar-refractivity contribution in [2.45, 2.75) is 42.0 Å². The van der Waals surface area contributed by atoms with Gasteiger partial charge in [-0.2, -0.15) is 4.31 Å². The summed E-state index contributed by atoms with van der Waals surface area (Å²) in [5, 5.41) is 9.31. The van der Waals surface area contributed by atoms with Gasteiger partial charge in [-0.1, -0.05) is 11.6 Å². The van der Waals surface area contributed by atoms with Gasteiger partial charge in [0.2, 0.25) is 0 Å². The molecule has 1 aromatic rings. The first-order chi connectivity index (χ1) is 9.95. The van der Waals surface area contributed by atoms with E-state index in [1.54, 1.807) is 6.07 Å². The SMILES string of the molecule is O=C1CC2CCCC(C1=CO)N2S(=O)(=O)c1ccc(Cl)s1. The van der Waals surface area contributed by atoms with Crippen molar-refractivity contribution in [1.82, 2.24) is 4.31 Å². The number of carbonyl (C=O) groups is 1. The van der Waals surface area contributed by atoms with E-state index in [0.29, 0.717) is 17.2 Å². The molecule has 3 heterocycles. The summed E-state index contributed by atoms with van der Waals surface area (Å²) in [6, 6.07) is 2.13. The van der Waals surface area contributed by atoms with E-state index in [1.165, 1.54) is 10.4 Å². The van der Waals surface area contributed by atoms with E-state index in [9.17, 15) is 18.3 Å². The average molecular weight is 348 g/mol. The molecule has 0 aromatic carbocycles. The van der Waals surface area contributed by atoms with Crippen LogP contribution in [0.3, 0.4) is 0 Å². The van der Waals surface area contributed by atoms with Gasteiger partial charge >= 0.3 is 0 Å². The van der Waals surface area contributed by atoms with E-state index >= 15 is 0 Å². The van der Waals surface area contributed by atoms with Gasteiger partial charge in [0, 0.05) is 18.0 Å². The third-order valence-corrected chi connectivity index (χ3v) is 7.66. The van der Waals surface area contributed by atoms with E-state index in [4.69, 9.17) is 11.6 Å². The summed E-state index contributed by atoms with van der Waals surface area (Å²) in [4.78, 5) is 12.0. The number of aliphatic hydroxyl groups is 1. The Hall–Kier alpha value is -0.890. The maximum absolute atomic E-state index is 12.8. The highest BCUT2D eigenvalue weighted by Gasteiger charge is 2.47. The van der Waals surface area contributed by atoms with Crippen molar-refractivity contribution in [3.63, 3.8) is 0 Å². The second kappa shape index (κ2) is 5.39. The molecule has 1 aromatic heterocycles. The quantitative estimate of drug-likeness (QED) is 0.659. The predicted octanol–water partition coefficient (Wildman–Crippen LogP) is 2.73. The van der Waals surface area contributed by atoms with E-state index in [0.717, 1.165) is 24.0 Å². The zero-order valence-electron chi connectivity index (χ0n) is 11.0. The number of sulfonamides is 1. The molecule has 114 valence electrons. The number of aliphatic hydroxyl groups excluding tert-OH is 1. The Morgan fingerprint density at radius 2 is 2.14 bits per heavy atom. The van der Waals surface area contributed by atoms with Gasteiger partial charge in [-0.25, -0.2) is 8.42 Å². The fraction of sp³-hybridized carbons (Fsp3) is 0.462. The molecule has 2 saturated heterocycles. The van der Waals surface area contributed by atoms with Crippen molar-refractivity contribution in [1.29, 1.82) is 0 Å². The van der Waals surface area contributed by atoms with Crippen LogP contribution in [0.2, 0.25) is 4.34 Å². The summed E-state index contributed by atoms with van der Waals surface area (Å²) in [5.41, 5.74) is 0.192. The molecular formula is C13H14ClNO4S2. The van der Waals surface area contributed by atoms with Crippen molar-refractivity contribution in [3.05, 3.63) is 28.3 Å². The van der Waals surface area contributed by atoms with Crippen molar-refractivity contribution in [3.8, 4) is 0 Å². The highest BCUT2D eigenvalue weighted by Crippen LogP contribution is 2.40. The molecule has 1 N–H and O–H groups in total. The maximum atomic E-state index is 12.8. The summed E-state index contributed by atoms with van der Waals surface area (Å²) >= 11 is 6.84. The lowest BCUT2D eigenvalue weighted by Gasteiger charge is -2.44. The topological polar surface area (TPSA) is 74.7 Å². The normalized spacial score (nSPS) is 29.0. The molecule has 0 spiro atoms. The standard InChI is InChI=1S/C13H14ClNO4S2/c14-12-4-5-13(20-12)21(18,19)15-8-2-1-3-10(15)9(7-16)11(17)6-8/h4-5,7-8,10,16H,1-3,6H2. The highest BCUT2D eigenvalue weighted by molar-refractivity contribution is 7.91. The predicted molar refractivity (Wildman–Crippen MR) is 80.1 cm³/mol. The first-order valence-corrected chi connectivity index (χ1v) is 9.25. The molecule has 0 aliphatic carbocycles. The number of ketones is 1. The first kappa shape index (κ1) is 15.0. The minimum absolute atomic E-state index is 0.126. The van der Waals surface area contributed by atoms with Crippen LogP contribution in [0.4, 0.5) is 0 Å². The van der Waals surface area contributed by atoms with Crippen LogP contribution in [0, 0.1) is 0 Å². The minimum atomic E-state index is -3.70. The molecule has 8 heteroatoms. The van der Waals surface area contributed by atoms with Crippen molar-refractivity contribution in [2.75, 3.05) is 0 Å². The molecule has 0 saturated carbocycles. The van der Waals surface area contributed by atoms with Gasteiger partial charge in [0.1, 0.15) is 4.21 Å². The number of carbonyl (C=O) groups excluding carboxylic acids is 1. The number of fused-ring (bicyclic) bond motifs is 2. The minimum Gasteiger partial charge on any atom is -0.515 e. The Kier molecular flexibility index (Phi) is 3.85. The van der Waals surface area contributed by atoms with Gasteiger partial charge in [-0.3, -0.25) is 4.79 Å². The Balaban J connectivity index is 2.06. The van der Waals surface area contributed by atoms with Crippen LogP contribution in [-0.2, 0) is 14.8 Å². The number of hydrogen-bond acceptors (Lipinski definition) is 5. The number of rotatable bonds is 2. The highest BCUT2D eigenvalue weighted by atomic mass is 35.5. The summed E-state index contributed by atoms with van der Waals surface area (Å²) in [7, 11) is -3.70. The number of hydrogen-bond donors (Lipinski definition) is 1. The van der Waals surface area contributed by atoms with Gasteiger partial charge in [0.05, 0.1) is 16.6 Å². The average Bonchev–Trinajstić information content (AvgIpc) is 2.86. The lowest BCUT2D eigenvalue weighted by molar-refractivity contribution is -0.119. The molecule has 2 unspecified atom stereocenters. The van der Waals surface area contributed by atoms with Gasteiger partial charge in [0.15, 0.2) is 5.78 Å². The lowest BCUT2D eigenvalue weighted by Crippen LogP contribution is -2.55. The molecular weight excluding hydrogens is 334 g/mol. The number of thiophene rings is 1. The first-order valence-electron chi connectivity index (χ1n) is 6.61. The molecule has 2 atom stereocenters. The molecule has 2 fully saturated rings. The van der Waals surface area contributed by atoms with E-state index in [2.05, 4.69) is 0 Å². The number of halogens is 1. The van der Waals surface area contributed by atoms with Crippen molar-refractivity contribution >= 4 is 38.7 Å². The van der Waals surface area contributed by atoms with Gasteiger partial charge in [0.25, 0.3) is 10.0 Å². The Morgan fingerprint density at radius 3 is 2.76 bits per heavy atom. The summed E-state index contributed by atoms with van der Waals surface area (Å²) < 4.78 is 27.7. The second-order valence-corrected chi connectivity index (χ2v) is 8.99. The Bertz CT molecular complexity index is 710. The molecule has 21 heavy (non-hydrogen) atoms. The fourth-order valence-electron chi connectivity index (χ4n) is 3.12. The van der Waals surface area contributed by atoms with Crippen LogP contribution < -0.4 is 0 Å². The second-order valence-electron chi connectivity index (χ2n) is 5.21. The van der Waals surface area contributed by atoms with Gasteiger partial charge in [-0.15, -0.1) is 11.3 Å². The van der Waals surface area contributed by atoms with Crippen LogP contribution in [0.1, 0.15) is 25.7 Å². The number of nitrogens with zero attached hydrogens (tertiary/aromatic N) is 1. The van der Waals surface area contributed by atoms with Crippen molar-refractivity contribution < 1.29 is 18.3 Å². The van der Waals surface area contributed by atoms with Crippen LogP contribution in [-0.4, -0.2) is 35.7 Å². The summed E-state index contributed by atoms with van der Waals surface area (Å²) in [5.74, 6) is -0.164. The van der Waals surface area contributed by atoms with Gasteiger partial charge < -0.3 is 5.11 Å².